The maximum absolute atomic E-state index is 12.9. The van der Waals surface area contributed by atoms with Crippen molar-refractivity contribution in [1.29, 1.82) is 0 Å². The van der Waals surface area contributed by atoms with Crippen molar-refractivity contribution >= 4 is 17.1 Å². The number of aryl methyl sites for hydroxylation is 2. The fraction of sp³-hybridized carbons (Fsp3) is 0.174. The molecular weight excluding hydrogens is 364 g/mol. The van der Waals surface area contributed by atoms with Gasteiger partial charge in [0.15, 0.2) is 0 Å². The highest BCUT2D eigenvalue weighted by molar-refractivity contribution is 5.91. The van der Waals surface area contributed by atoms with Crippen LogP contribution >= 0.6 is 0 Å². The molecule has 0 atom stereocenters. The molecule has 1 amide bonds. The Bertz CT molecular complexity index is 1240. The van der Waals surface area contributed by atoms with E-state index in [-0.39, 0.29) is 18.0 Å². The molecule has 0 bridgehead atoms. The molecule has 4 aromatic rings. The number of nitrogens with zero attached hydrogens (tertiary/aromatic N) is 3. The average molecular weight is 386 g/mol. The van der Waals surface area contributed by atoms with Gasteiger partial charge in [0.1, 0.15) is 12.1 Å². The Morgan fingerprint density at radius 2 is 1.83 bits per heavy atom. The zero-order valence-electron chi connectivity index (χ0n) is 16.4. The van der Waals surface area contributed by atoms with E-state index in [4.69, 9.17) is 0 Å². The minimum Gasteiger partial charge on any atom is -0.324 e. The van der Waals surface area contributed by atoms with Gasteiger partial charge in [-0.05, 0) is 31.0 Å². The molecule has 29 heavy (non-hydrogen) atoms. The number of hydrogen-bond donors (Lipinski definition) is 1. The molecule has 0 unspecified atom stereocenters. The molecule has 0 radical (unpaired) electrons. The SMILES string of the molecule is CCc1ccccc1NC(=O)Cn1ccn2nc(-c3ccc(C)cc3)cc2c1=O. The quantitative estimate of drug-likeness (QED) is 0.569. The first-order valence-electron chi connectivity index (χ1n) is 9.59. The lowest BCUT2D eigenvalue weighted by molar-refractivity contribution is -0.116. The molecule has 2 heterocycles. The second-order valence-corrected chi connectivity index (χ2v) is 7.02. The molecule has 0 aliphatic rings. The molecule has 4 rings (SSSR count). The number of carbonyl (C=O) groups excluding carboxylic acids is 1. The summed E-state index contributed by atoms with van der Waals surface area (Å²) in [6, 6.07) is 17.4. The topological polar surface area (TPSA) is 68.4 Å². The van der Waals surface area contributed by atoms with E-state index in [1.165, 1.54) is 4.57 Å². The number of nitrogens with one attached hydrogen (secondary N) is 1. The monoisotopic (exact) mass is 386 g/mol. The van der Waals surface area contributed by atoms with E-state index in [1.54, 1.807) is 23.0 Å². The van der Waals surface area contributed by atoms with Crippen molar-refractivity contribution in [3.05, 3.63) is 88.5 Å². The summed E-state index contributed by atoms with van der Waals surface area (Å²) in [7, 11) is 0. The van der Waals surface area contributed by atoms with Crippen LogP contribution in [0, 0.1) is 6.92 Å². The molecule has 0 fully saturated rings. The predicted molar refractivity (Wildman–Crippen MR) is 114 cm³/mol. The Kier molecular flexibility index (Phi) is 4.99. The number of hydrogen-bond acceptors (Lipinski definition) is 3. The number of fused-ring (bicyclic) bond motifs is 1. The smallest absolute Gasteiger partial charge is 0.277 e. The van der Waals surface area contributed by atoms with Crippen LogP contribution in [-0.2, 0) is 17.8 Å². The number of benzene rings is 2. The summed E-state index contributed by atoms with van der Waals surface area (Å²) in [5.74, 6) is -0.240. The summed E-state index contributed by atoms with van der Waals surface area (Å²) < 4.78 is 2.96. The zero-order valence-corrected chi connectivity index (χ0v) is 16.4. The Balaban J connectivity index is 1.59. The number of amides is 1. The number of anilines is 1. The van der Waals surface area contributed by atoms with Gasteiger partial charge in [0.05, 0.1) is 5.69 Å². The summed E-state index contributed by atoms with van der Waals surface area (Å²) in [5, 5.41) is 7.39. The Morgan fingerprint density at radius 1 is 1.07 bits per heavy atom. The average Bonchev–Trinajstić information content (AvgIpc) is 3.16. The van der Waals surface area contributed by atoms with Crippen LogP contribution in [0.25, 0.3) is 16.8 Å². The molecule has 6 nitrogen and oxygen atoms in total. The van der Waals surface area contributed by atoms with Gasteiger partial charge in [-0.15, -0.1) is 0 Å². The first-order chi connectivity index (χ1) is 14.0. The third kappa shape index (κ3) is 3.82. The summed E-state index contributed by atoms with van der Waals surface area (Å²) in [5.41, 5.74) is 4.85. The minimum absolute atomic E-state index is 0.0571. The Morgan fingerprint density at radius 3 is 2.59 bits per heavy atom. The third-order valence-electron chi connectivity index (χ3n) is 4.94. The van der Waals surface area contributed by atoms with Crippen molar-refractivity contribution in [3.8, 4) is 11.3 Å². The maximum Gasteiger partial charge on any atom is 0.277 e. The van der Waals surface area contributed by atoms with E-state index in [9.17, 15) is 9.59 Å². The number of para-hydroxylation sites is 1. The second kappa shape index (κ2) is 7.75. The van der Waals surface area contributed by atoms with E-state index in [0.717, 1.165) is 34.5 Å². The van der Waals surface area contributed by atoms with Gasteiger partial charge in [-0.3, -0.25) is 9.59 Å². The van der Waals surface area contributed by atoms with E-state index < -0.39 is 0 Å². The van der Waals surface area contributed by atoms with Crippen molar-refractivity contribution in [2.24, 2.45) is 0 Å². The molecule has 6 heteroatoms. The molecule has 2 aromatic carbocycles. The summed E-state index contributed by atoms with van der Waals surface area (Å²) in [6.07, 6.45) is 4.11. The summed E-state index contributed by atoms with van der Waals surface area (Å²) in [4.78, 5) is 25.4. The lowest BCUT2D eigenvalue weighted by Gasteiger charge is -2.10. The fourth-order valence-electron chi connectivity index (χ4n) is 3.31. The Labute approximate surface area is 168 Å². The van der Waals surface area contributed by atoms with Crippen molar-refractivity contribution in [2.45, 2.75) is 26.8 Å². The van der Waals surface area contributed by atoms with Crippen LogP contribution in [0.15, 0.2) is 71.8 Å². The van der Waals surface area contributed by atoms with E-state index in [0.29, 0.717) is 5.52 Å². The van der Waals surface area contributed by atoms with Gasteiger partial charge in [-0.25, -0.2) is 4.52 Å². The van der Waals surface area contributed by atoms with E-state index in [2.05, 4.69) is 10.4 Å². The first kappa shape index (κ1) is 18.7. The second-order valence-electron chi connectivity index (χ2n) is 7.02. The van der Waals surface area contributed by atoms with Gasteiger partial charge in [0.25, 0.3) is 5.56 Å². The van der Waals surface area contributed by atoms with Gasteiger partial charge < -0.3 is 9.88 Å². The molecule has 0 saturated carbocycles. The molecule has 1 N–H and O–H groups in total. The van der Waals surface area contributed by atoms with Gasteiger partial charge in [-0.2, -0.15) is 5.10 Å². The molecule has 0 spiro atoms. The third-order valence-corrected chi connectivity index (χ3v) is 4.94. The number of rotatable bonds is 5. The normalized spacial score (nSPS) is 11.0. The van der Waals surface area contributed by atoms with Crippen LogP contribution in [-0.4, -0.2) is 20.1 Å². The molecule has 0 aliphatic heterocycles. The van der Waals surface area contributed by atoms with Crippen molar-refractivity contribution in [3.63, 3.8) is 0 Å². The largest absolute Gasteiger partial charge is 0.324 e. The molecule has 0 aliphatic carbocycles. The summed E-state index contributed by atoms with van der Waals surface area (Å²) >= 11 is 0. The standard InChI is InChI=1S/C23H22N4O2/c1-3-17-6-4-5-7-19(17)24-22(28)15-26-12-13-27-21(23(26)29)14-20(25-27)18-10-8-16(2)9-11-18/h4-14H,3,15H2,1-2H3,(H,24,28). The van der Waals surface area contributed by atoms with Crippen LogP contribution in [0.4, 0.5) is 5.69 Å². The van der Waals surface area contributed by atoms with Crippen LogP contribution in [0.1, 0.15) is 18.1 Å². The highest BCUT2D eigenvalue weighted by Gasteiger charge is 2.12. The van der Waals surface area contributed by atoms with Crippen LogP contribution in [0.2, 0.25) is 0 Å². The molecule has 146 valence electrons. The number of aromatic nitrogens is 3. The lowest BCUT2D eigenvalue weighted by atomic mass is 10.1. The van der Waals surface area contributed by atoms with Crippen LogP contribution in [0.3, 0.4) is 0 Å². The maximum atomic E-state index is 12.9. The van der Waals surface area contributed by atoms with Gasteiger partial charge in [0, 0.05) is 23.6 Å². The minimum atomic E-state index is -0.253. The van der Waals surface area contributed by atoms with Crippen LogP contribution in [0.5, 0.6) is 0 Å². The van der Waals surface area contributed by atoms with Crippen molar-refractivity contribution in [1.82, 2.24) is 14.2 Å². The highest BCUT2D eigenvalue weighted by Crippen LogP contribution is 2.19. The lowest BCUT2D eigenvalue weighted by Crippen LogP contribution is -2.28. The van der Waals surface area contributed by atoms with E-state index >= 15 is 0 Å². The van der Waals surface area contributed by atoms with Crippen LogP contribution < -0.4 is 10.9 Å². The highest BCUT2D eigenvalue weighted by atomic mass is 16.2. The fourth-order valence-corrected chi connectivity index (χ4v) is 3.31. The molecule has 2 aromatic heterocycles. The molecular formula is C23H22N4O2. The Hall–Kier alpha value is -3.67. The summed E-state index contributed by atoms with van der Waals surface area (Å²) in [6.45, 7) is 4.00. The van der Waals surface area contributed by atoms with Crippen molar-refractivity contribution in [2.75, 3.05) is 5.32 Å². The van der Waals surface area contributed by atoms with Gasteiger partial charge >= 0.3 is 0 Å². The van der Waals surface area contributed by atoms with E-state index in [1.807, 2.05) is 62.4 Å². The zero-order chi connectivity index (χ0) is 20.4. The first-order valence-corrected chi connectivity index (χ1v) is 9.59. The molecule has 0 saturated heterocycles. The van der Waals surface area contributed by atoms with Gasteiger partial charge in [-0.1, -0.05) is 55.0 Å². The van der Waals surface area contributed by atoms with Crippen molar-refractivity contribution < 1.29 is 4.79 Å². The predicted octanol–water partition coefficient (Wildman–Crippen LogP) is 3.67. The number of carbonyl (C=O) groups is 1. The van der Waals surface area contributed by atoms with Gasteiger partial charge in [0.2, 0.25) is 5.91 Å².